The molecule has 0 bridgehead atoms. The number of benzene rings is 2. The predicted octanol–water partition coefficient (Wildman–Crippen LogP) is 4.18. The van der Waals surface area contributed by atoms with E-state index in [9.17, 15) is 4.79 Å². The second kappa shape index (κ2) is 10.2. The van der Waals surface area contributed by atoms with Crippen LogP contribution in [0.2, 0.25) is 0 Å². The Balaban J connectivity index is 1.57. The van der Waals surface area contributed by atoms with Crippen molar-refractivity contribution < 1.29 is 9.21 Å². The molecule has 1 amide bonds. The van der Waals surface area contributed by atoms with E-state index in [2.05, 4.69) is 27.5 Å². The van der Waals surface area contributed by atoms with Crippen LogP contribution in [0.4, 0.5) is 5.69 Å². The molecule has 0 radical (unpaired) electrons. The van der Waals surface area contributed by atoms with E-state index < -0.39 is 0 Å². The molecule has 0 aliphatic carbocycles. The van der Waals surface area contributed by atoms with Crippen molar-refractivity contribution in [3.05, 3.63) is 78.3 Å². The summed E-state index contributed by atoms with van der Waals surface area (Å²) >= 11 is 0. The highest BCUT2D eigenvalue weighted by atomic mass is 16.4. The Kier molecular flexibility index (Phi) is 6.95. The van der Waals surface area contributed by atoms with Crippen LogP contribution in [0.1, 0.15) is 29.1 Å². The predicted molar refractivity (Wildman–Crippen MR) is 128 cm³/mol. The molecule has 1 saturated heterocycles. The minimum absolute atomic E-state index is 0.0446. The van der Waals surface area contributed by atoms with Crippen molar-refractivity contribution in [1.82, 2.24) is 20.0 Å². The molecule has 0 atom stereocenters. The van der Waals surface area contributed by atoms with Crippen LogP contribution in [0, 0.1) is 12.3 Å². The minimum atomic E-state index is -0.211. The average Bonchev–Trinajstić information content (AvgIpc) is 3.27. The van der Waals surface area contributed by atoms with Crippen LogP contribution in [-0.2, 0) is 0 Å². The second-order valence-electron chi connectivity index (χ2n) is 8.15. The van der Waals surface area contributed by atoms with E-state index in [-0.39, 0.29) is 17.8 Å². The van der Waals surface area contributed by atoms with Gasteiger partial charge >= 0.3 is 0 Å². The number of carbonyl (C=O) groups is 1. The van der Waals surface area contributed by atoms with Crippen LogP contribution < -0.4 is 5.32 Å². The van der Waals surface area contributed by atoms with Gasteiger partial charge in [0.05, 0.1) is 0 Å². The number of nitrogens with zero attached hydrogens (tertiary/aromatic N) is 4. The Morgan fingerprint density at radius 3 is 2.61 bits per heavy atom. The van der Waals surface area contributed by atoms with E-state index in [4.69, 9.17) is 9.83 Å². The van der Waals surface area contributed by atoms with Gasteiger partial charge in [-0.25, -0.2) is 0 Å². The van der Waals surface area contributed by atoms with Crippen LogP contribution >= 0.6 is 0 Å². The molecule has 2 heterocycles. The summed E-state index contributed by atoms with van der Waals surface area (Å²) in [5, 5.41) is 19.8. The van der Waals surface area contributed by atoms with Crippen molar-refractivity contribution in [1.29, 1.82) is 5.41 Å². The number of hydrogen-bond donors (Lipinski definition) is 2. The SMILES string of the molecule is Cc1nnc(-c2cccc(C(=O)N(C(=N)/C=C\Nc3ccccc3)C3CCN(C)CC3)c2)o1. The first-order valence-corrected chi connectivity index (χ1v) is 11.0. The first-order valence-electron chi connectivity index (χ1n) is 11.0. The molecule has 33 heavy (non-hydrogen) atoms. The lowest BCUT2D eigenvalue weighted by Crippen LogP contribution is -2.48. The van der Waals surface area contributed by atoms with Gasteiger partial charge in [0.2, 0.25) is 11.8 Å². The fraction of sp³-hybridized carbons (Fsp3) is 0.280. The topological polar surface area (TPSA) is 98.3 Å². The number of aromatic nitrogens is 2. The van der Waals surface area contributed by atoms with Gasteiger partial charge in [0, 0.05) is 36.0 Å². The van der Waals surface area contributed by atoms with Gasteiger partial charge in [0.25, 0.3) is 5.91 Å². The van der Waals surface area contributed by atoms with Crippen molar-refractivity contribution in [3.8, 4) is 11.5 Å². The van der Waals surface area contributed by atoms with Crippen LogP contribution in [0.25, 0.3) is 11.5 Å². The van der Waals surface area contributed by atoms with Crippen molar-refractivity contribution in [3.63, 3.8) is 0 Å². The van der Waals surface area contributed by atoms with E-state index in [0.29, 0.717) is 22.9 Å². The summed E-state index contributed by atoms with van der Waals surface area (Å²) in [5.41, 5.74) is 2.08. The van der Waals surface area contributed by atoms with E-state index in [1.54, 1.807) is 42.3 Å². The van der Waals surface area contributed by atoms with Crippen LogP contribution in [0.3, 0.4) is 0 Å². The van der Waals surface area contributed by atoms with Gasteiger partial charge < -0.3 is 14.6 Å². The zero-order valence-electron chi connectivity index (χ0n) is 18.9. The van der Waals surface area contributed by atoms with Crippen LogP contribution in [-0.4, -0.2) is 57.9 Å². The van der Waals surface area contributed by atoms with Gasteiger partial charge in [-0.3, -0.25) is 15.1 Å². The van der Waals surface area contributed by atoms with E-state index in [1.165, 1.54) is 0 Å². The molecule has 0 unspecified atom stereocenters. The number of amidine groups is 1. The molecule has 8 heteroatoms. The highest BCUT2D eigenvalue weighted by Gasteiger charge is 2.30. The maximum absolute atomic E-state index is 13.6. The molecule has 1 aliphatic rings. The first-order chi connectivity index (χ1) is 16.0. The highest BCUT2D eigenvalue weighted by Crippen LogP contribution is 2.23. The van der Waals surface area contributed by atoms with E-state index >= 15 is 0 Å². The maximum atomic E-state index is 13.6. The molecule has 1 aromatic heterocycles. The maximum Gasteiger partial charge on any atom is 0.259 e. The number of amides is 1. The molecular formula is C25H28N6O2. The van der Waals surface area contributed by atoms with E-state index in [1.807, 2.05) is 36.4 Å². The quantitative estimate of drug-likeness (QED) is 0.437. The van der Waals surface area contributed by atoms with Crippen LogP contribution in [0.5, 0.6) is 0 Å². The number of nitrogens with one attached hydrogen (secondary N) is 2. The minimum Gasteiger partial charge on any atom is -0.421 e. The molecule has 1 fully saturated rings. The Hall–Kier alpha value is -3.78. The summed E-state index contributed by atoms with van der Waals surface area (Å²) in [6.45, 7) is 3.49. The summed E-state index contributed by atoms with van der Waals surface area (Å²) in [7, 11) is 2.08. The molecule has 2 aromatic carbocycles. The molecule has 4 rings (SSSR count). The number of piperidine rings is 1. The normalized spacial score (nSPS) is 15.0. The fourth-order valence-electron chi connectivity index (χ4n) is 3.89. The standard InChI is InChI=1S/C25H28N6O2/c1-18-28-29-24(33-18)19-7-6-8-20(17-19)25(32)31(22-12-15-30(2)16-13-22)23(26)11-14-27-21-9-4-3-5-10-21/h3-11,14,17,22,26-27H,12-13,15-16H2,1-2H3/b14-11-,26-23?. The lowest BCUT2D eigenvalue weighted by Gasteiger charge is -2.36. The average molecular weight is 445 g/mol. The molecule has 0 spiro atoms. The summed E-state index contributed by atoms with van der Waals surface area (Å²) in [4.78, 5) is 17.5. The van der Waals surface area contributed by atoms with Crippen molar-refractivity contribution in [2.45, 2.75) is 25.8 Å². The van der Waals surface area contributed by atoms with Gasteiger partial charge in [-0.15, -0.1) is 10.2 Å². The van der Waals surface area contributed by atoms with Gasteiger partial charge in [0.1, 0.15) is 5.84 Å². The van der Waals surface area contributed by atoms with Gasteiger partial charge in [-0.1, -0.05) is 24.3 Å². The Morgan fingerprint density at radius 2 is 1.91 bits per heavy atom. The number of aryl methyl sites for hydroxylation is 1. The summed E-state index contributed by atoms with van der Waals surface area (Å²) in [6, 6.07) is 16.8. The number of anilines is 1. The molecule has 3 aromatic rings. The number of hydrogen-bond acceptors (Lipinski definition) is 7. The highest BCUT2D eigenvalue weighted by molar-refractivity contribution is 6.09. The zero-order chi connectivity index (χ0) is 23.2. The molecule has 8 nitrogen and oxygen atoms in total. The fourth-order valence-corrected chi connectivity index (χ4v) is 3.89. The molecule has 0 saturated carbocycles. The van der Waals surface area contributed by atoms with Gasteiger partial charge in [-0.05, 0) is 69.4 Å². The molecular weight excluding hydrogens is 416 g/mol. The lowest BCUT2D eigenvalue weighted by molar-refractivity contribution is 0.0748. The zero-order valence-corrected chi connectivity index (χ0v) is 18.9. The number of likely N-dealkylation sites (tertiary alicyclic amines) is 1. The third-order valence-electron chi connectivity index (χ3n) is 5.68. The largest absolute Gasteiger partial charge is 0.421 e. The van der Waals surface area contributed by atoms with Crippen molar-refractivity contribution >= 4 is 17.4 Å². The monoisotopic (exact) mass is 444 g/mol. The van der Waals surface area contributed by atoms with E-state index in [0.717, 1.165) is 31.6 Å². The Morgan fingerprint density at radius 1 is 1.15 bits per heavy atom. The third-order valence-corrected chi connectivity index (χ3v) is 5.68. The lowest BCUT2D eigenvalue weighted by atomic mass is 10.0. The second-order valence-corrected chi connectivity index (χ2v) is 8.15. The summed E-state index contributed by atoms with van der Waals surface area (Å²) < 4.78 is 5.52. The third kappa shape index (κ3) is 5.53. The Labute approximate surface area is 193 Å². The number of rotatable bonds is 6. The van der Waals surface area contributed by atoms with Gasteiger partial charge in [0.15, 0.2) is 0 Å². The smallest absolute Gasteiger partial charge is 0.259 e. The number of carbonyl (C=O) groups excluding carboxylic acids is 1. The van der Waals surface area contributed by atoms with Crippen LogP contribution in [0.15, 0.2) is 71.3 Å². The summed E-state index contributed by atoms with van der Waals surface area (Å²) in [6.07, 6.45) is 4.96. The van der Waals surface area contributed by atoms with Crippen molar-refractivity contribution in [2.75, 3.05) is 25.5 Å². The Bertz CT molecular complexity index is 1130. The number of para-hydroxylation sites is 1. The first kappa shape index (κ1) is 22.4. The molecule has 170 valence electrons. The molecule has 1 aliphatic heterocycles. The van der Waals surface area contributed by atoms with Gasteiger partial charge in [-0.2, -0.15) is 0 Å². The summed E-state index contributed by atoms with van der Waals surface area (Å²) in [5.74, 6) is 0.775. The van der Waals surface area contributed by atoms with Crippen molar-refractivity contribution in [2.24, 2.45) is 0 Å². The molecule has 2 N–H and O–H groups in total.